The smallest absolute Gasteiger partial charge is 0.192 e. The number of pyridine rings is 2. The molecule has 2 heterocycles. The van der Waals surface area contributed by atoms with Crippen LogP contribution in [-0.2, 0) is 4.43 Å². The fraction of sp³-hybridized carbons (Fsp3) is 0.607. The van der Waals surface area contributed by atoms with Gasteiger partial charge < -0.3 is 14.6 Å². The van der Waals surface area contributed by atoms with E-state index in [0.717, 1.165) is 0 Å². The van der Waals surface area contributed by atoms with Gasteiger partial charge in [-0.2, -0.15) is 11.1 Å². The van der Waals surface area contributed by atoms with E-state index in [0.29, 0.717) is 16.2 Å². The average Bonchev–Trinajstić information content (AvgIpc) is 2.79. The molecule has 41 heavy (non-hydrogen) atoms. The Kier molecular flexibility index (Phi) is 20.4. The molecule has 0 aliphatic carbocycles. The lowest BCUT2D eigenvalue weighted by molar-refractivity contribution is 0.0910. The largest absolute Gasteiger partial charge is 0.409 e. The van der Waals surface area contributed by atoms with E-state index >= 15 is 0 Å². The van der Waals surface area contributed by atoms with Crippen LogP contribution >= 0.6 is 57.5 Å². The summed E-state index contributed by atoms with van der Waals surface area (Å²) in [6, 6.07) is 2.99. The number of halogens is 5. The van der Waals surface area contributed by atoms with E-state index in [1.165, 1.54) is 24.5 Å². The van der Waals surface area contributed by atoms with Crippen LogP contribution in [0.25, 0.3) is 0 Å². The maximum absolute atomic E-state index is 12.0. The number of carbonyl (C=O) groups excluding carboxylic acids is 1. The molecule has 0 amide bonds. The summed E-state index contributed by atoms with van der Waals surface area (Å²) in [5.74, 6) is -0.129. The zero-order valence-corrected chi connectivity index (χ0v) is 30.1. The minimum Gasteiger partial charge on any atom is -0.409 e. The quantitative estimate of drug-likeness (QED) is 0.134. The van der Waals surface area contributed by atoms with Gasteiger partial charge in [-0.3, -0.25) is 4.79 Å². The summed E-state index contributed by atoms with van der Waals surface area (Å²) in [7, 11) is -3.31. The topological polar surface area (TPSA) is 92.5 Å². The first-order valence-corrected chi connectivity index (χ1v) is 20.6. The Morgan fingerprint density at radius 2 is 1.29 bits per heavy atom. The summed E-state index contributed by atoms with van der Waals surface area (Å²) in [5.41, 5.74) is 0.875. The third kappa shape index (κ3) is 15.9. The van der Waals surface area contributed by atoms with E-state index in [1.807, 2.05) is 0 Å². The van der Waals surface area contributed by atoms with E-state index in [1.54, 1.807) is 0 Å². The molecule has 0 unspecified atom stereocenters. The van der Waals surface area contributed by atoms with Crippen molar-refractivity contribution in [2.45, 2.75) is 98.8 Å². The molecule has 0 bridgehead atoms. The normalized spacial score (nSPS) is 12.4. The Labute approximate surface area is 274 Å². The highest BCUT2D eigenvalue weighted by Gasteiger charge is 2.37. The molecular weight excluding hydrogens is 662 g/mol. The molecule has 1 atom stereocenters. The number of aliphatic hydroxyl groups is 2. The Balaban J connectivity index is -0.000000566. The first-order chi connectivity index (χ1) is 17.4. The lowest BCUT2D eigenvalue weighted by Gasteiger charge is -2.35. The van der Waals surface area contributed by atoms with Crippen molar-refractivity contribution in [3.05, 3.63) is 56.0 Å². The van der Waals surface area contributed by atoms with Gasteiger partial charge in [0.05, 0.1) is 23.3 Å². The third-order valence-corrected chi connectivity index (χ3v) is 17.8. The second kappa shape index (κ2) is 18.5. The molecular formula is C28H49Cl5N2O4Si2. The predicted molar refractivity (Wildman–Crippen MR) is 185 cm³/mol. The molecule has 2 N–H and O–H groups in total. The van der Waals surface area contributed by atoms with Crippen molar-refractivity contribution in [2.24, 2.45) is 0 Å². The van der Waals surface area contributed by atoms with Gasteiger partial charge in [-0.25, -0.2) is 9.97 Å². The summed E-state index contributed by atoms with van der Waals surface area (Å²) in [6.07, 6.45) is 1.84. The maximum atomic E-state index is 12.0. The van der Waals surface area contributed by atoms with Gasteiger partial charge in [0.25, 0.3) is 0 Å². The molecule has 2 aromatic heterocycles. The van der Waals surface area contributed by atoms with Crippen LogP contribution < -0.4 is 0 Å². The first kappa shape index (κ1) is 45.2. The molecule has 6 nitrogen and oxygen atoms in total. The summed E-state index contributed by atoms with van der Waals surface area (Å²) in [6.45, 7) is 21.2. The van der Waals surface area contributed by atoms with Gasteiger partial charge in [0.2, 0.25) is 0 Å². The number of rotatable bonds is 6. The zero-order chi connectivity index (χ0) is 31.0. The molecule has 238 valence electrons. The molecule has 0 saturated heterocycles. The summed E-state index contributed by atoms with van der Waals surface area (Å²) < 4.78 is 5.87. The van der Waals surface area contributed by atoms with Gasteiger partial charge in [-0.05, 0) is 35.3 Å². The molecule has 0 aromatic carbocycles. The minimum absolute atomic E-state index is 0. The number of hydrogen-bond acceptors (Lipinski definition) is 6. The highest BCUT2D eigenvalue weighted by molar-refractivity contribution is 7.20. The number of hydrogen-bond donors (Lipinski definition) is 2. The van der Waals surface area contributed by atoms with Crippen LogP contribution in [0.5, 0.6) is 0 Å². The van der Waals surface area contributed by atoms with Gasteiger partial charge in [0, 0.05) is 23.5 Å². The Hall–Kier alpha value is -0.266. The standard InChI is InChI=1S/C13H19Cl2NO2Si.C7H7Cl2NO2.C6H15ClSi.2CH4/c1-13(2,3)19(4,5)18-8-11(17)9-6-10(14)12(15)16-7-9;8-5-1-4(6(12)3-11)2-10-7(5)9;1-6(2,3)8(4,5)7;;/h6-7H,8H2,1-5H3;1-2,6,11-12H,3H2;1-5H3;2*1H4/t;6-;;;/m.1.../s1. The van der Waals surface area contributed by atoms with Gasteiger partial charge in [0.1, 0.15) is 16.4 Å². The summed E-state index contributed by atoms with van der Waals surface area (Å²) in [4.78, 5) is 19.6. The molecule has 0 fully saturated rings. The summed E-state index contributed by atoms with van der Waals surface area (Å²) >= 11 is 28.9. The number of nitrogens with zero attached hydrogens (tertiary/aromatic N) is 2. The predicted octanol–water partition coefficient (Wildman–Crippen LogP) is 10.5. The average molecular weight is 711 g/mol. The monoisotopic (exact) mass is 708 g/mol. The number of carbonyl (C=O) groups is 1. The Bertz CT molecular complexity index is 1070. The molecule has 0 saturated carbocycles. The molecule has 0 aliphatic rings. The van der Waals surface area contributed by atoms with Crippen molar-refractivity contribution in [1.82, 2.24) is 9.97 Å². The van der Waals surface area contributed by atoms with E-state index in [9.17, 15) is 4.79 Å². The van der Waals surface area contributed by atoms with E-state index in [4.69, 9.17) is 72.1 Å². The fourth-order valence-electron chi connectivity index (χ4n) is 1.84. The van der Waals surface area contributed by atoms with Gasteiger partial charge in [0.15, 0.2) is 21.5 Å². The zero-order valence-electron chi connectivity index (χ0n) is 24.3. The van der Waals surface area contributed by atoms with Crippen LogP contribution in [-0.4, -0.2) is 54.9 Å². The maximum Gasteiger partial charge on any atom is 0.192 e. The van der Waals surface area contributed by atoms with Crippen molar-refractivity contribution < 1.29 is 19.4 Å². The molecule has 0 spiro atoms. The van der Waals surface area contributed by atoms with E-state index in [-0.39, 0.29) is 59.2 Å². The minimum atomic E-state index is -1.93. The van der Waals surface area contributed by atoms with Crippen LogP contribution in [0.1, 0.15) is 78.4 Å². The second-order valence-corrected chi connectivity index (χ2v) is 25.6. The summed E-state index contributed by atoms with van der Waals surface area (Å²) in [5, 5.41) is 19.1. The number of Topliss-reactive ketones (excluding diaryl/α,β-unsaturated/α-hetero) is 1. The highest BCUT2D eigenvalue weighted by Crippen LogP contribution is 2.38. The second-order valence-electron chi connectivity index (χ2n) is 11.9. The molecule has 13 heteroatoms. The van der Waals surface area contributed by atoms with E-state index < -0.39 is 21.8 Å². The number of ketones is 1. The molecule has 0 aliphatic heterocycles. The number of aliphatic hydroxyl groups excluding tert-OH is 2. The molecule has 2 rings (SSSR count). The molecule has 0 radical (unpaired) electrons. The lowest BCUT2D eigenvalue weighted by atomic mass is 10.2. The van der Waals surface area contributed by atoms with Gasteiger partial charge >= 0.3 is 0 Å². The van der Waals surface area contributed by atoms with Crippen LogP contribution in [0.3, 0.4) is 0 Å². The Morgan fingerprint density at radius 1 is 0.878 bits per heavy atom. The highest BCUT2D eigenvalue weighted by atomic mass is 35.6. The van der Waals surface area contributed by atoms with Crippen molar-refractivity contribution in [3.8, 4) is 0 Å². The van der Waals surface area contributed by atoms with Crippen LogP contribution in [0, 0.1) is 0 Å². The molecule has 2 aromatic rings. The van der Waals surface area contributed by atoms with Crippen LogP contribution in [0.4, 0.5) is 0 Å². The first-order valence-electron chi connectivity index (χ1n) is 12.2. The van der Waals surface area contributed by atoms with Crippen molar-refractivity contribution >= 4 is 79.0 Å². The fourth-order valence-corrected chi connectivity index (χ4v) is 3.32. The van der Waals surface area contributed by atoms with Crippen molar-refractivity contribution in [1.29, 1.82) is 0 Å². The van der Waals surface area contributed by atoms with Crippen LogP contribution in [0.15, 0.2) is 24.5 Å². The van der Waals surface area contributed by atoms with Crippen molar-refractivity contribution in [3.63, 3.8) is 0 Å². The SMILES string of the molecule is C.C.CC(C)(C)[Si](C)(C)Cl.CC(C)(C)[Si](C)(C)OCC(=O)c1cnc(Cl)c(Cl)c1.OC[C@@H](O)c1cnc(Cl)c(Cl)c1. The lowest BCUT2D eigenvalue weighted by Crippen LogP contribution is -2.42. The van der Waals surface area contributed by atoms with E-state index in [2.05, 4.69) is 77.7 Å². The van der Waals surface area contributed by atoms with Gasteiger partial charge in [-0.1, -0.05) is 116 Å². The van der Waals surface area contributed by atoms with Crippen molar-refractivity contribution in [2.75, 3.05) is 13.2 Å². The third-order valence-electron chi connectivity index (χ3n) is 6.65. The van der Waals surface area contributed by atoms with Crippen LogP contribution in [0.2, 0.25) is 56.6 Å². The Morgan fingerprint density at radius 3 is 1.63 bits per heavy atom. The van der Waals surface area contributed by atoms with Gasteiger partial charge in [-0.15, -0.1) is 0 Å². The number of aromatic nitrogens is 2.